The van der Waals surface area contributed by atoms with Crippen LogP contribution in [0.3, 0.4) is 0 Å². The second-order valence-electron chi connectivity index (χ2n) is 8.25. The van der Waals surface area contributed by atoms with E-state index in [9.17, 15) is 9.18 Å². The molecule has 1 aliphatic heterocycles. The molecular formula is C25H21Cl2FN4O4. The molecule has 1 aliphatic rings. The minimum absolute atomic E-state index is 0.0771. The van der Waals surface area contributed by atoms with Crippen molar-refractivity contribution in [2.75, 3.05) is 32.0 Å². The van der Waals surface area contributed by atoms with Gasteiger partial charge in [-0.1, -0.05) is 23.2 Å². The van der Waals surface area contributed by atoms with Crippen molar-refractivity contribution in [1.82, 2.24) is 14.9 Å². The lowest BCUT2D eigenvalue weighted by atomic mass is 10.1. The van der Waals surface area contributed by atoms with Gasteiger partial charge in [0.2, 0.25) is 5.75 Å². The second kappa shape index (κ2) is 9.93. The standard InChI is InChI=1S/C25H21Cl2FN4O4/c1-13(20-18(26)2-3-19(28)21(20)27)36-23-22-16(11-31-24(23)29)17(12-35-22)14-8-15(10-30-9-14)25(33)32-4-6-34-7-5-32/h2-3,8-13H,4-7H2,1H3,(H2,29,31). The molecule has 1 unspecified atom stereocenters. The van der Waals surface area contributed by atoms with Crippen LogP contribution in [-0.2, 0) is 4.74 Å². The summed E-state index contributed by atoms with van der Waals surface area (Å²) in [5.74, 6) is -0.496. The fourth-order valence-electron chi connectivity index (χ4n) is 4.12. The van der Waals surface area contributed by atoms with Crippen molar-refractivity contribution in [3.05, 3.63) is 70.0 Å². The van der Waals surface area contributed by atoms with Gasteiger partial charge in [0, 0.05) is 53.4 Å². The molecule has 0 aliphatic carbocycles. The highest BCUT2D eigenvalue weighted by Crippen LogP contribution is 2.41. The molecule has 0 saturated carbocycles. The van der Waals surface area contributed by atoms with Crippen molar-refractivity contribution in [1.29, 1.82) is 0 Å². The summed E-state index contributed by atoms with van der Waals surface area (Å²) in [6, 6.07) is 4.34. The zero-order chi connectivity index (χ0) is 25.4. The molecule has 4 aromatic rings. The number of benzene rings is 1. The Balaban J connectivity index is 1.49. The molecule has 186 valence electrons. The topological polar surface area (TPSA) is 104 Å². The van der Waals surface area contributed by atoms with Crippen molar-refractivity contribution in [2.45, 2.75) is 13.0 Å². The van der Waals surface area contributed by atoms with Gasteiger partial charge < -0.3 is 24.5 Å². The highest BCUT2D eigenvalue weighted by molar-refractivity contribution is 6.36. The van der Waals surface area contributed by atoms with Gasteiger partial charge in [-0.3, -0.25) is 9.78 Å². The van der Waals surface area contributed by atoms with Gasteiger partial charge in [0.05, 0.1) is 35.4 Å². The Morgan fingerprint density at radius 2 is 2.00 bits per heavy atom. The van der Waals surface area contributed by atoms with Gasteiger partial charge >= 0.3 is 0 Å². The predicted octanol–water partition coefficient (Wildman–Crippen LogP) is 5.53. The highest BCUT2D eigenvalue weighted by atomic mass is 35.5. The molecule has 0 spiro atoms. The van der Waals surface area contributed by atoms with Crippen LogP contribution < -0.4 is 10.5 Å². The van der Waals surface area contributed by atoms with Gasteiger partial charge in [0.1, 0.15) is 11.9 Å². The van der Waals surface area contributed by atoms with Crippen LogP contribution in [0.1, 0.15) is 28.9 Å². The summed E-state index contributed by atoms with van der Waals surface area (Å²) in [7, 11) is 0. The number of halogens is 3. The lowest BCUT2D eigenvalue weighted by molar-refractivity contribution is 0.0302. The van der Waals surface area contributed by atoms with Crippen LogP contribution in [-0.4, -0.2) is 47.1 Å². The Hall–Kier alpha value is -3.40. The third kappa shape index (κ3) is 4.45. The van der Waals surface area contributed by atoms with E-state index in [1.165, 1.54) is 24.6 Å². The number of hydrogen-bond donors (Lipinski definition) is 1. The Morgan fingerprint density at radius 3 is 2.78 bits per heavy atom. The SMILES string of the molecule is CC(Oc1c(N)ncc2c(-c3cncc(C(=O)N4CCOCC4)c3)coc12)c1c(Cl)ccc(F)c1Cl. The normalized spacial score (nSPS) is 14.7. The van der Waals surface area contributed by atoms with E-state index in [-0.39, 0.29) is 33.1 Å². The molecule has 1 fully saturated rings. The van der Waals surface area contributed by atoms with Gasteiger partial charge in [-0.15, -0.1) is 0 Å². The van der Waals surface area contributed by atoms with Crippen LogP contribution in [0.4, 0.5) is 10.2 Å². The fraction of sp³-hybridized carbons (Fsp3) is 0.240. The Bertz CT molecular complexity index is 1460. The van der Waals surface area contributed by atoms with Crippen LogP contribution >= 0.6 is 23.2 Å². The van der Waals surface area contributed by atoms with Crippen LogP contribution in [0.25, 0.3) is 22.1 Å². The number of pyridine rings is 2. The third-order valence-electron chi connectivity index (χ3n) is 5.98. The Labute approximate surface area is 215 Å². The monoisotopic (exact) mass is 530 g/mol. The number of nitrogen functional groups attached to an aromatic ring is 1. The zero-order valence-corrected chi connectivity index (χ0v) is 20.6. The minimum Gasteiger partial charge on any atom is -0.478 e. The van der Waals surface area contributed by atoms with Crippen molar-refractivity contribution in [3.63, 3.8) is 0 Å². The first-order valence-electron chi connectivity index (χ1n) is 11.1. The van der Waals surface area contributed by atoms with E-state index in [1.54, 1.807) is 30.3 Å². The Morgan fingerprint density at radius 1 is 1.22 bits per heavy atom. The average Bonchev–Trinajstić information content (AvgIpc) is 3.33. The maximum atomic E-state index is 14.0. The summed E-state index contributed by atoms with van der Waals surface area (Å²) in [6.45, 7) is 3.73. The fourth-order valence-corrected chi connectivity index (χ4v) is 4.80. The molecule has 1 saturated heterocycles. The predicted molar refractivity (Wildman–Crippen MR) is 134 cm³/mol. The molecule has 8 nitrogen and oxygen atoms in total. The van der Waals surface area contributed by atoms with E-state index in [1.807, 2.05) is 0 Å². The van der Waals surface area contributed by atoms with E-state index < -0.39 is 11.9 Å². The molecule has 0 radical (unpaired) electrons. The smallest absolute Gasteiger partial charge is 0.255 e. The first-order valence-corrected chi connectivity index (χ1v) is 11.9. The minimum atomic E-state index is -0.764. The van der Waals surface area contributed by atoms with Gasteiger partial charge in [0.15, 0.2) is 11.4 Å². The largest absolute Gasteiger partial charge is 0.478 e. The van der Waals surface area contributed by atoms with Crippen LogP contribution in [0.5, 0.6) is 5.75 Å². The second-order valence-corrected chi connectivity index (χ2v) is 9.03. The number of nitrogens with zero attached hydrogens (tertiary/aromatic N) is 3. The summed E-state index contributed by atoms with van der Waals surface area (Å²) < 4.78 is 31.3. The summed E-state index contributed by atoms with van der Waals surface area (Å²) in [5.41, 5.74) is 8.48. The first-order chi connectivity index (χ1) is 17.3. The highest BCUT2D eigenvalue weighted by Gasteiger charge is 2.24. The molecule has 5 rings (SSSR count). The van der Waals surface area contributed by atoms with E-state index in [2.05, 4.69) is 9.97 Å². The number of rotatable bonds is 5. The molecule has 3 aromatic heterocycles. The third-order valence-corrected chi connectivity index (χ3v) is 6.69. The molecule has 1 aromatic carbocycles. The molecule has 1 atom stereocenters. The Kier molecular flexibility index (Phi) is 6.70. The number of fused-ring (bicyclic) bond motifs is 1. The quantitative estimate of drug-likeness (QED) is 0.338. The summed E-state index contributed by atoms with van der Waals surface area (Å²) in [4.78, 5) is 23.2. The zero-order valence-electron chi connectivity index (χ0n) is 19.1. The number of ether oxygens (including phenoxy) is 2. The number of hydrogen-bond acceptors (Lipinski definition) is 7. The summed E-state index contributed by atoms with van der Waals surface area (Å²) in [5, 5.41) is 0.711. The summed E-state index contributed by atoms with van der Waals surface area (Å²) >= 11 is 12.4. The number of aromatic nitrogens is 2. The number of carbonyl (C=O) groups excluding carboxylic acids is 1. The molecule has 1 amide bonds. The lowest BCUT2D eigenvalue weighted by Gasteiger charge is -2.26. The van der Waals surface area contributed by atoms with E-state index in [0.717, 1.165) is 0 Å². The molecule has 11 heteroatoms. The molecule has 36 heavy (non-hydrogen) atoms. The van der Waals surface area contributed by atoms with Gasteiger partial charge in [-0.05, 0) is 25.1 Å². The van der Waals surface area contributed by atoms with E-state index in [4.69, 9.17) is 42.8 Å². The van der Waals surface area contributed by atoms with E-state index in [0.29, 0.717) is 54.0 Å². The van der Waals surface area contributed by atoms with Gasteiger partial charge in [-0.25, -0.2) is 9.37 Å². The van der Waals surface area contributed by atoms with Crippen molar-refractivity contribution >= 4 is 45.9 Å². The van der Waals surface area contributed by atoms with Crippen LogP contribution in [0.15, 0.2) is 47.5 Å². The van der Waals surface area contributed by atoms with Gasteiger partial charge in [0.25, 0.3) is 5.91 Å². The van der Waals surface area contributed by atoms with E-state index >= 15 is 0 Å². The number of anilines is 1. The van der Waals surface area contributed by atoms with Crippen molar-refractivity contribution in [3.8, 4) is 16.9 Å². The molecular weight excluding hydrogens is 510 g/mol. The number of morpholine rings is 1. The lowest BCUT2D eigenvalue weighted by Crippen LogP contribution is -2.40. The molecule has 0 bridgehead atoms. The maximum absolute atomic E-state index is 14.0. The molecule has 2 N–H and O–H groups in total. The maximum Gasteiger partial charge on any atom is 0.255 e. The van der Waals surface area contributed by atoms with Crippen LogP contribution in [0.2, 0.25) is 10.0 Å². The number of nitrogens with two attached hydrogens (primary N) is 1. The van der Waals surface area contributed by atoms with Crippen molar-refractivity contribution in [2.24, 2.45) is 0 Å². The number of furan rings is 1. The first kappa shape index (κ1) is 24.3. The van der Waals surface area contributed by atoms with Crippen molar-refractivity contribution < 1.29 is 23.1 Å². The number of carbonyl (C=O) groups is 1. The van der Waals surface area contributed by atoms with Gasteiger partial charge in [-0.2, -0.15) is 0 Å². The average molecular weight is 531 g/mol. The van der Waals surface area contributed by atoms with Crippen LogP contribution in [0, 0.1) is 5.82 Å². The molecule has 4 heterocycles. The number of amides is 1. The summed E-state index contributed by atoms with van der Waals surface area (Å²) in [6.07, 6.45) is 5.47.